The molecule has 31 heavy (non-hydrogen) atoms. The van der Waals surface area contributed by atoms with E-state index in [2.05, 4.69) is 13.8 Å². The second kappa shape index (κ2) is 11.4. The van der Waals surface area contributed by atoms with Gasteiger partial charge in [-0.25, -0.2) is 0 Å². The highest BCUT2D eigenvalue weighted by Crippen LogP contribution is 2.34. The van der Waals surface area contributed by atoms with Crippen LogP contribution in [0.1, 0.15) is 57.9 Å². The van der Waals surface area contributed by atoms with Gasteiger partial charge in [-0.2, -0.15) is 0 Å². The Morgan fingerprint density at radius 1 is 0.903 bits per heavy atom. The van der Waals surface area contributed by atoms with Crippen LogP contribution in [0.15, 0.2) is 53.3 Å². The number of hydrogen-bond acceptors (Lipinski definition) is 4. The van der Waals surface area contributed by atoms with Crippen molar-refractivity contribution in [1.29, 1.82) is 0 Å². The maximum atomic E-state index is 13.2. The quantitative estimate of drug-likeness (QED) is 0.361. The average molecular weight is 424 g/mol. The highest BCUT2D eigenvalue weighted by molar-refractivity contribution is 5.88. The van der Waals surface area contributed by atoms with E-state index in [1.54, 1.807) is 10.6 Å². The van der Waals surface area contributed by atoms with Gasteiger partial charge in [0.25, 0.3) is 5.56 Å². The van der Waals surface area contributed by atoms with Gasteiger partial charge < -0.3 is 19.1 Å². The molecule has 0 amide bonds. The van der Waals surface area contributed by atoms with Gasteiger partial charge in [-0.3, -0.25) is 4.79 Å². The molecule has 0 bridgehead atoms. The van der Waals surface area contributed by atoms with Crippen LogP contribution in [0.25, 0.3) is 10.9 Å². The molecular weight excluding hydrogens is 390 g/mol. The molecule has 0 spiro atoms. The third-order valence-electron chi connectivity index (χ3n) is 5.40. The minimum absolute atomic E-state index is 0.0504. The van der Waals surface area contributed by atoms with E-state index >= 15 is 0 Å². The van der Waals surface area contributed by atoms with Gasteiger partial charge in [-0.05, 0) is 30.5 Å². The third kappa shape index (κ3) is 5.81. The smallest absolute Gasteiger partial charge is 0.297 e. The number of ether oxygens (including phenoxy) is 2. The van der Waals surface area contributed by atoms with Crippen LogP contribution in [-0.2, 0) is 13.2 Å². The fourth-order valence-electron chi connectivity index (χ4n) is 3.59. The highest BCUT2D eigenvalue weighted by atomic mass is 16.5. The molecule has 0 unspecified atom stereocenters. The van der Waals surface area contributed by atoms with Crippen LogP contribution in [0, 0.1) is 0 Å². The first-order valence-corrected chi connectivity index (χ1v) is 11.3. The van der Waals surface area contributed by atoms with E-state index in [1.165, 1.54) is 0 Å². The Morgan fingerprint density at radius 3 is 2.42 bits per heavy atom. The van der Waals surface area contributed by atoms with E-state index in [1.807, 2.05) is 42.5 Å². The van der Waals surface area contributed by atoms with E-state index in [0.717, 1.165) is 44.1 Å². The molecule has 0 aliphatic heterocycles. The molecule has 5 heteroatoms. The normalized spacial score (nSPS) is 11.0. The number of pyridine rings is 1. The first-order valence-electron chi connectivity index (χ1n) is 11.3. The van der Waals surface area contributed by atoms with Crippen molar-refractivity contribution >= 4 is 10.9 Å². The topological polar surface area (TPSA) is 60.7 Å². The molecule has 0 saturated heterocycles. The lowest BCUT2D eigenvalue weighted by Crippen LogP contribution is -2.23. The fourth-order valence-corrected chi connectivity index (χ4v) is 3.59. The Balaban J connectivity index is 1.94. The number of benzene rings is 2. The molecule has 5 nitrogen and oxygen atoms in total. The third-order valence-corrected chi connectivity index (χ3v) is 5.40. The summed E-state index contributed by atoms with van der Waals surface area (Å²) in [6.45, 7) is 5.67. The van der Waals surface area contributed by atoms with E-state index in [4.69, 9.17) is 9.47 Å². The summed E-state index contributed by atoms with van der Waals surface area (Å²) in [5.74, 6) is 0.627. The maximum Gasteiger partial charge on any atom is 0.297 e. The Kier molecular flexibility index (Phi) is 8.39. The molecule has 1 N–H and O–H groups in total. The van der Waals surface area contributed by atoms with Gasteiger partial charge in [-0.15, -0.1) is 0 Å². The predicted molar refractivity (Wildman–Crippen MR) is 125 cm³/mol. The molecule has 0 saturated carbocycles. The van der Waals surface area contributed by atoms with Crippen molar-refractivity contribution in [3.63, 3.8) is 0 Å². The van der Waals surface area contributed by atoms with Crippen molar-refractivity contribution < 1.29 is 14.6 Å². The number of aryl methyl sites for hydroxylation is 1. The summed E-state index contributed by atoms with van der Waals surface area (Å²) >= 11 is 0. The van der Waals surface area contributed by atoms with Crippen molar-refractivity contribution in [1.82, 2.24) is 4.57 Å². The minimum Gasteiger partial charge on any atom is -0.504 e. The van der Waals surface area contributed by atoms with Gasteiger partial charge in [0, 0.05) is 18.0 Å². The minimum atomic E-state index is -0.280. The van der Waals surface area contributed by atoms with Crippen molar-refractivity contribution in [3.05, 3.63) is 64.4 Å². The number of hydrogen-bond donors (Lipinski definition) is 1. The second-order valence-corrected chi connectivity index (χ2v) is 7.85. The van der Waals surface area contributed by atoms with Crippen LogP contribution in [-0.4, -0.2) is 16.3 Å². The van der Waals surface area contributed by atoms with Crippen molar-refractivity contribution in [2.45, 2.75) is 65.5 Å². The fraction of sp³-hybridized carbons (Fsp3) is 0.423. The molecule has 0 fully saturated rings. The molecule has 0 aliphatic carbocycles. The molecule has 1 aromatic heterocycles. The summed E-state index contributed by atoms with van der Waals surface area (Å²) in [5, 5.41) is 11.4. The molecule has 1 heterocycles. The molecule has 3 aromatic rings. The molecule has 166 valence electrons. The average Bonchev–Trinajstić information content (AvgIpc) is 2.80. The summed E-state index contributed by atoms with van der Waals surface area (Å²) in [4.78, 5) is 13.2. The Labute approximate surface area is 184 Å². The maximum absolute atomic E-state index is 13.2. The summed E-state index contributed by atoms with van der Waals surface area (Å²) in [5.41, 5.74) is 1.47. The Hall–Kier alpha value is -2.95. The first kappa shape index (κ1) is 22.7. The van der Waals surface area contributed by atoms with Gasteiger partial charge in [0.1, 0.15) is 12.4 Å². The lowest BCUT2D eigenvalue weighted by atomic mass is 10.1. The molecule has 2 aromatic carbocycles. The summed E-state index contributed by atoms with van der Waals surface area (Å²) in [7, 11) is 0. The van der Waals surface area contributed by atoms with E-state index in [-0.39, 0.29) is 17.1 Å². The van der Waals surface area contributed by atoms with Gasteiger partial charge in [0.05, 0.1) is 12.1 Å². The van der Waals surface area contributed by atoms with Gasteiger partial charge in [0.2, 0.25) is 5.75 Å². The molecule has 0 atom stereocenters. The van der Waals surface area contributed by atoms with Gasteiger partial charge >= 0.3 is 0 Å². The largest absolute Gasteiger partial charge is 0.504 e. The zero-order valence-electron chi connectivity index (χ0n) is 18.6. The zero-order valence-corrected chi connectivity index (χ0v) is 18.6. The van der Waals surface area contributed by atoms with Gasteiger partial charge in [-0.1, -0.05) is 69.9 Å². The van der Waals surface area contributed by atoms with Crippen LogP contribution in [0.4, 0.5) is 0 Å². The van der Waals surface area contributed by atoms with Crippen molar-refractivity contribution in [2.24, 2.45) is 0 Å². The SMILES string of the molecule is CCCCCCn1c(=O)c(OCCCC)c(O)c2ccc(OCc3ccccc3)cc21. The van der Waals surface area contributed by atoms with Gasteiger partial charge in [0.15, 0.2) is 5.75 Å². The summed E-state index contributed by atoms with van der Waals surface area (Å²) in [6, 6.07) is 15.4. The van der Waals surface area contributed by atoms with Crippen LogP contribution < -0.4 is 15.0 Å². The molecule has 0 radical (unpaired) electrons. The zero-order chi connectivity index (χ0) is 22.1. The molecular formula is C26H33NO4. The number of aromatic nitrogens is 1. The number of aromatic hydroxyl groups is 1. The van der Waals surface area contributed by atoms with Crippen LogP contribution in [0.3, 0.4) is 0 Å². The molecule has 0 aliphatic rings. The summed E-state index contributed by atoms with van der Waals surface area (Å²) in [6.07, 6.45) is 6.02. The first-order chi connectivity index (χ1) is 15.2. The Bertz CT molecular complexity index is 1030. The number of rotatable bonds is 12. The number of nitrogens with zero attached hydrogens (tertiary/aromatic N) is 1. The second-order valence-electron chi connectivity index (χ2n) is 7.85. The van der Waals surface area contributed by atoms with Crippen molar-refractivity contribution in [3.8, 4) is 17.2 Å². The van der Waals surface area contributed by atoms with Crippen LogP contribution in [0.2, 0.25) is 0 Å². The Morgan fingerprint density at radius 2 is 1.68 bits per heavy atom. The van der Waals surface area contributed by atoms with E-state index in [9.17, 15) is 9.90 Å². The van der Waals surface area contributed by atoms with Crippen LogP contribution in [0.5, 0.6) is 17.2 Å². The lowest BCUT2D eigenvalue weighted by molar-refractivity contribution is 0.287. The van der Waals surface area contributed by atoms with Crippen molar-refractivity contribution in [2.75, 3.05) is 6.61 Å². The standard InChI is InChI=1S/C26H33NO4/c1-3-5-7-11-16-27-23-18-21(31-19-20-12-9-8-10-13-20)14-15-22(23)24(28)25(26(27)29)30-17-6-4-2/h8-10,12-15,18,28H,3-7,11,16-17,19H2,1-2H3. The van der Waals surface area contributed by atoms with Crippen LogP contribution >= 0.6 is 0 Å². The van der Waals surface area contributed by atoms with E-state index in [0.29, 0.717) is 36.4 Å². The highest BCUT2D eigenvalue weighted by Gasteiger charge is 2.18. The molecule has 3 rings (SSSR count). The lowest BCUT2D eigenvalue weighted by Gasteiger charge is -2.16. The monoisotopic (exact) mass is 423 g/mol. The number of fused-ring (bicyclic) bond motifs is 1. The van der Waals surface area contributed by atoms with E-state index < -0.39 is 0 Å². The predicted octanol–water partition coefficient (Wildman–Crippen LogP) is 6.05. The number of unbranched alkanes of at least 4 members (excludes halogenated alkanes) is 4. The summed E-state index contributed by atoms with van der Waals surface area (Å²) < 4.78 is 13.4.